The first kappa shape index (κ1) is 16.4. The molecule has 0 atom stereocenters. The van der Waals surface area contributed by atoms with Crippen LogP contribution in [0.5, 0.6) is 0 Å². The Labute approximate surface area is 160 Å². The van der Waals surface area contributed by atoms with Gasteiger partial charge in [-0.15, -0.1) is 0 Å². The second kappa shape index (κ2) is 6.13. The van der Waals surface area contributed by atoms with E-state index < -0.39 is 0 Å². The maximum absolute atomic E-state index is 6.54. The Morgan fingerprint density at radius 2 is 1.58 bits per heavy atom. The summed E-state index contributed by atoms with van der Waals surface area (Å²) in [6.07, 6.45) is 9.76. The Balaban J connectivity index is 1.59. The van der Waals surface area contributed by atoms with Crippen molar-refractivity contribution in [3.8, 4) is 0 Å². The van der Waals surface area contributed by atoms with E-state index in [1.807, 2.05) is 12.1 Å². The maximum Gasteiger partial charge on any atom is 0.108 e. The number of rotatable bonds is 2. The minimum atomic E-state index is -0.114. The van der Waals surface area contributed by atoms with Crippen molar-refractivity contribution >= 4 is 23.1 Å². The van der Waals surface area contributed by atoms with E-state index in [1.165, 1.54) is 54.8 Å². The molecule has 3 heteroatoms. The zero-order valence-electron chi connectivity index (χ0n) is 15.1. The van der Waals surface area contributed by atoms with Crippen molar-refractivity contribution < 1.29 is 0 Å². The molecule has 2 aliphatic carbocycles. The number of aliphatic imine (C=N–C) groups is 1. The van der Waals surface area contributed by atoms with E-state index >= 15 is 0 Å². The zero-order valence-corrected chi connectivity index (χ0v) is 15.9. The topological polar surface area (TPSA) is 24.4 Å². The van der Waals surface area contributed by atoms with Gasteiger partial charge in [0.05, 0.1) is 5.54 Å². The predicted octanol–water partition coefficient (Wildman–Crippen LogP) is 6.35. The van der Waals surface area contributed by atoms with Crippen molar-refractivity contribution in [1.82, 2.24) is 0 Å². The van der Waals surface area contributed by atoms with Gasteiger partial charge < -0.3 is 5.32 Å². The molecular weight excluding hydrogens is 340 g/mol. The molecule has 2 fully saturated rings. The molecule has 2 nitrogen and oxygen atoms in total. The highest BCUT2D eigenvalue weighted by Gasteiger charge is 2.49. The van der Waals surface area contributed by atoms with Crippen LogP contribution in [0, 0.1) is 5.41 Å². The number of para-hydroxylation sites is 1. The van der Waals surface area contributed by atoms with Gasteiger partial charge in [-0.05, 0) is 55.4 Å². The van der Waals surface area contributed by atoms with Crippen LogP contribution in [0.1, 0.15) is 56.1 Å². The van der Waals surface area contributed by atoms with Crippen molar-refractivity contribution in [2.75, 3.05) is 5.32 Å². The standard InChI is InChI=1S/C23H25ClN2/c24-19-10-4-3-9-18(19)23(14-15-23)26-21-22(12-6-1-7-13-22)16-17-8-2-5-11-20(17)25-21/h2-5,8-11H,1,6-7,12-16H2,(H,25,26). The summed E-state index contributed by atoms with van der Waals surface area (Å²) >= 11 is 6.54. The van der Waals surface area contributed by atoms with Gasteiger partial charge in [0.15, 0.2) is 0 Å². The van der Waals surface area contributed by atoms with E-state index in [0.29, 0.717) is 0 Å². The first-order valence-electron chi connectivity index (χ1n) is 9.91. The van der Waals surface area contributed by atoms with Gasteiger partial charge in [-0.25, -0.2) is 0 Å². The molecular formula is C23H25ClN2. The fourth-order valence-corrected chi connectivity index (χ4v) is 5.22. The van der Waals surface area contributed by atoms with Gasteiger partial charge in [0, 0.05) is 16.1 Å². The molecule has 0 bridgehead atoms. The number of nitrogens with zero attached hydrogens (tertiary/aromatic N) is 1. The first-order valence-corrected chi connectivity index (χ1v) is 10.3. The van der Waals surface area contributed by atoms with Gasteiger partial charge in [-0.3, -0.25) is 4.99 Å². The largest absolute Gasteiger partial charge is 0.343 e. The number of nitrogens with one attached hydrogen (secondary N) is 1. The Kier molecular flexibility index (Phi) is 3.86. The Hall–Kier alpha value is -1.80. The predicted molar refractivity (Wildman–Crippen MR) is 109 cm³/mol. The normalized spacial score (nSPS) is 24.1. The van der Waals surface area contributed by atoms with Crippen LogP contribution in [0.4, 0.5) is 5.69 Å². The Bertz CT molecular complexity index is 860. The average Bonchev–Trinajstić information content (AvgIpc) is 3.44. The third kappa shape index (κ3) is 2.66. The molecule has 3 aliphatic rings. The molecule has 1 aliphatic heterocycles. The van der Waals surface area contributed by atoms with E-state index in [-0.39, 0.29) is 11.0 Å². The lowest BCUT2D eigenvalue weighted by Crippen LogP contribution is -2.44. The van der Waals surface area contributed by atoms with Gasteiger partial charge in [0.1, 0.15) is 5.84 Å². The van der Waals surface area contributed by atoms with Crippen LogP contribution in [0.25, 0.3) is 0 Å². The van der Waals surface area contributed by atoms with Crippen LogP contribution in [0.2, 0.25) is 5.02 Å². The SMILES string of the molecule is Clc1ccccc1C1(N=C2Nc3ccccc3CC23CCCCC3)CC1. The van der Waals surface area contributed by atoms with Crippen LogP contribution in [0.15, 0.2) is 53.5 Å². The molecule has 1 spiro atoms. The summed E-state index contributed by atoms with van der Waals surface area (Å²) in [7, 11) is 0. The lowest BCUT2D eigenvalue weighted by atomic mass is 9.67. The molecule has 134 valence electrons. The second-order valence-corrected chi connectivity index (χ2v) is 8.68. The third-order valence-corrected chi connectivity index (χ3v) is 6.87. The lowest BCUT2D eigenvalue weighted by molar-refractivity contribution is 0.277. The van der Waals surface area contributed by atoms with Gasteiger partial charge in [-0.1, -0.05) is 67.3 Å². The number of anilines is 1. The van der Waals surface area contributed by atoms with Crippen LogP contribution in [0.3, 0.4) is 0 Å². The molecule has 0 unspecified atom stereocenters. The van der Waals surface area contributed by atoms with Crippen molar-refractivity contribution in [1.29, 1.82) is 0 Å². The van der Waals surface area contributed by atoms with Crippen molar-refractivity contribution in [3.63, 3.8) is 0 Å². The van der Waals surface area contributed by atoms with Gasteiger partial charge in [0.2, 0.25) is 0 Å². The molecule has 1 N–H and O–H groups in total. The highest BCUT2D eigenvalue weighted by molar-refractivity contribution is 6.31. The maximum atomic E-state index is 6.54. The molecule has 0 amide bonds. The van der Waals surface area contributed by atoms with Crippen LogP contribution in [-0.4, -0.2) is 5.84 Å². The summed E-state index contributed by atoms with van der Waals surface area (Å²) < 4.78 is 0. The minimum absolute atomic E-state index is 0.114. The summed E-state index contributed by atoms with van der Waals surface area (Å²) in [6, 6.07) is 17.0. The highest BCUT2D eigenvalue weighted by Crippen LogP contribution is 2.54. The lowest BCUT2D eigenvalue weighted by Gasteiger charge is -2.43. The van der Waals surface area contributed by atoms with Crippen LogP contribution < -0.4 is 5.32 Å². The summed E-state index contributed by atoms with van der Waals surface area (Å²) in [5.41, 5.74) is 3.94. The number of fused-ring (bicyclic) bond motifs is 1. The molecule has 5 rings (SSSR count). The summed E-state index contributed by atoms with van der Waals surface area (Å²) in [4.78, 5) is 5.41. The molecule has 2 aromatic rings. The van der Waals surface area contributed by atoms with Crippen molar-refractivity contribution in [3.05, 3.63) is 64.7 Å². The van der Waals surface area contributed by atoms with Gasteiger partial charge in [-0.2, -0.15) is 0 Å². The van der Waals surface area contributed by atoms with Gasteiger partial charge >= 0.3 is 0 Å². The summed E-state index contributed by atoms with van der Waals surface area (Å²) in [5, 5.41) is 4.60. The zero-order chi connectivity index (χ0) is 17.6. The quantitative estimate of drug-likeness (QED) is 0.659. The third-order valence-electron chi connectivity index (χ3n) is 6.54. The summed E-state index contributed by atoms with van der Waals surface area (Å²) in [6.45, 7) is 0. The number of benzene rings is 2. The number of halogens is 1. The molecule has 0 radical (unpaired) electrons. The number of amidine groups is 1. The van der Waals surface area contributed by atoms with Crippen molar-refractivity contribution in [2.24, 2.45) is 10.4 Å². The molecule has 0 aromatic heterocycles. The van der Waals surface area contributed by atoms with E-state index in [1.54, 1.807) is 0 Å². The molecule has 0 saturated heterocycles. The first-order chi connectivity index (χ1) is 12.7. The van der Waals surface area contributed by atoms with Gasteiger partial charge in [0.25, 0.3) is 0 Å². The van der Waals surface area contributed by atoms with Crippen LogP contribution >= 0.6 is 11.6 Å². The Morgan fingerprint density at radius 3 is 2.35 bits per heavy atom. The second-order valence-electron chi connectivity index (χ2n) is 8.27. The molecule has 1 heterocycles. The minimum Gasteiger partial charge on any atom is -0.343 e. The molecule has 2 saturated carbocycles. The average molecular weight is 365 g/mol. The molecule has 26 heavy (non-hydrogen) atoms. The number of hydrogen-bond acceptors (Lipinski definition) is 1. The van der Waals surface area contributed by atoms with E-state index in [9.17, 15) is 0 Å². The Morgan fingerprint density at radius 1 is 0.846 bits per heavy atom. The summed E-state index contributed by atoms with van der Waals surface area (Å²) in [5.74, 6) is 1.22. The number of hydrogen-bond donors (Lipinski definition) is 1. The fourth-order valence-electron chi connectivity index (χ4n) is 4.91. The monoisotopic (exact) mass is 364 g/mol. The van der Waals surface area contributed by atoms with E-state index in [2.05, 4.69) is 41.7 Å². The highest BCUT2D eigenvalue weighted by atomic mass is 35.5. The smallest absolute Gasteiger partial charge is 0.108 e. The van der Waals surface area contributed by atoms with E-state index in [4.69, 9.17) is 16.6 Å². The molecule has 2 aromatic carbocycles. The van der Waals surface area contributed by atoms with E-state index in [0.717, 1.165) is 24.3 Å². The van der Waals surface area contributed by atoms with Crippen molar-refractivity contribution in [2.45, 2.75) is 56.9 Å². The van der Waals surface area contributed by atoms with Crippen LogP contribution in [-0.2, 0) is 12.0 Å². The fraction of sp³-hybridized carbons (Fsp3) is 0.435.